The molecule has 0 radical (unpaired) electrons. The van der Waals surface area contributed by atoms with E-state index in [0.717, 1.165) is 104 Å². The molecule has 0 aliphatic carbocycles. The van der Waals surface area contributed by atoms with Crippen molar-refractivity contribution in [3.05, 3.63) is 187 Å². The quantitative estimate of drug-likeness (QED) is 0.132. The first-order valence-electron chi connectivity index (χ1n) is 20.1. The maximum Gasteiger partial charge on any atom is 0.220 e. The highest BCUT2D eigenvalue weighted by Gasteiger charge is 2.33. The SMILES string of the molecule is [C-]#[N+]c1c(-c2ccccc2)c(C#N)c(-n2c3ccccc3c3c4oc5ccccc5c4ccc32)c(-c2ccccc2)c1-n1c2cccc3c4nccnc4c4cccc1c4c32. The van der Waals surface area contributed by atoms with E-state index in [2.05, 4.69) is 105 Å². The van der Waals surface area contributed by atoms with Crippen LogP contribution in [0.4, 0.5) is 5.69 Å². The van der Waals surface area contributed by atoms with E-state index in [-0.39, 0.29) is 0 Å². The molecule has 7 heteroatoms. The molecular weight excluding hydrogens is 749 g/mol. The second-order valence-electron chi connectivity index (χ2n) is 15.4. The standard InChI is InChI=1S/C54H28N6O/c1-56-51-44(31-14-4-2-5-15-31)38(30-55)52(59-39-22-10-8-19-35(39)48-42(59)27-26-34-33-18-9-11-25-43(33)61-54(34)48)45(32-16-6-3-7-17-32)53(51)60-40-23-12-20-36-46(40)47-37(21-13-24-41(47)60)50-49(36)57-28-29-58-50/h2-29H. The molecule has 0 atom stereocenters. The van der Waals surface area contributed by atoms with Crippen LogP contribution in [-0.4, -0.2) is 19.1 Å². The first-order valence-corrected chi connectivity index (χ1v) is 20.1. The number of rotatable bonds is 4. The molecule has 0 aliphatic rings. The van der Waals surface area contributed by atoms with Gasteiger partial charge in [-0.05, 0) is 47.5 Å². The predicted octanol–water partition coefficient (Wildman–Crippen LogP) is 14.1. The Morgan fingerprint density at radius 2 is 1.03 bits per heavy atom. The van der Waals surface area contributed by atoms with Crippen LogP contribution in [-0.2, 0) is 0 Å². The maximum atomic E-state index is 11.7. The molecule has 4 heterocycles. The highest BCUT2D eigenvalue weighted by Crippen LogP contribution is 2.53. The first kappa shape index (κ1) is 33.2. The summed E-state index contributed by atoms with van der Waals surface area (Å²) in [7, 11) is 0. The van der Waals surface area contributed by atoms with E-state index in [1.165, 1.54) is 0 Å². The fourth-order valence-electron chi connectivity index (χ4n) is 10.1. The Labute approximate surface area is 347 Å². The van der Waals surface area contributed by atoms with Gasteiger partial charge in [-0.1, -0.05) is 121 Å². The molecule has 0 fully saturated rings. The number of fused-ring (bicyclic) bond motifs is 10. The van der Waals surface area contributed by atoms with Crippen LogP contribution < -0.4 is 0 Å². The van der Waals surface area contributed by atoms with Crippen molar-refractivity contribution in [2.24, 2.45) is 0 Å². The molecular formula is C54H28N6O. The molecule has 0 amide bonds. The number of aromatic nitrogens is 4. The molecule has 61 heavy (non-hydrogen) atoms. The topological polar surface area (TPSA) is 76.9 Å². The summed E-state index contributed by atoms with van der Waals surface area (Å²) in [6, 6.07) is 56.1. The van der Waals surface area contributed by atoms with Crippen molar-refractivity contribution in [3.63, 3.8) is 0 Å². The normalized spacial score (nSPS) is 11.9. The Morgan fingerprint density at radius 1 is 0.492 bits per heavy atom. The van der Waals surface area contributed by atoms with Crippen molar-refractivity contribution in [1.29, 1.82) is 5.26 Å². The van der Waals surface area contributed by atoms with E-state index in [4.69, 9.17) is 21.0 Å². The minimum Gasteiger partial charge on any atom is -0.455 e. The number of nitriles is 1. The summed E-state index contributed by atoms with van der Waals surface area (Å²) in [5.74, 6) is 0. The zero-order valence-electron chi connectivity index (χ0n) is 32.3. The molecule has 0 saturated carbocycles. The van der Waals surface area contributed by atoms with Gasteiger partial charge in [-0.25, -0.2) is 4.85 Å². The van der Waals surface area contributed by atoms with Crippen LogP contribution in [0.3, 0.4) is 0 Å². The van der Waals surface area contributed by atoms with Gasteiger partial charge in [-0.15, -0.1) is 0 Å². The lowest BCUT2D eigenvalue weighted by Gasteiger charge is -2.25. The monoisotopic (exact) mass is 776 g/mol. The van der Waals surface area contributed by atoms with Crippen molar-refractivity contribution in [2.45, 2.75) is 0 Å². The van der Waals surface area contributed by atoms with Gasteiger partial charge in [-0.2, -0.15) is 5.26 Å². The third-order valence-electron chi connectivity index (χ3n) is 12.4. The highest BCUT2D eigenvalue weighted by atomic mass is 16.3. The number of hydrogen-bond donors (Lipinski definition) is 0. The molecule has 0 spiro atoms. The summed E-state index contributed by atoms with van der Waals surface area (Å²) in [5, 5.41) is 19.8. The number of benzene rings is 9. The molecule has 9 aromatic carbocycles. The second-order valence-corrected chi connectivity index (χ2v) is 15.4. The lowest BCUT2D eigenvalue weighted by Crippen LogP contribution is -2.08. The summed E-state index contributed by atoms with van der Waals surface area (Å²) in [5.41, 5.74) is 12.0. The molecule has 0 saturated heterocycles. The number of nitrogens with zero attached hydrogens (tertiary/aromatic N) is 6. The molecule has 0 aliphatic heterocycles. The van der Waals surface area contributed by atoms with Gasteiger partial charge in [0.2, 0.25) is 5.69 Å². The largest absolute Gasteiger partial charge is 0.455 e. The van der Waals surface area contributed by atoms with Gasteiger partial charge in [-0.3, -0.25) is 9.97 Å². The van der Waals surface area contributed by atoms with Crippen LogP contribution in [0.2, 0.25) is 0 Å². The van der Waals surface area contributed by atoms with E-state index in [9.17, 15) is 5.26 Å². The lowest BCUT2D eigenvalue weighted by atomic mass is 9.88. The molecule has 0 unspecified atom stereocenters. The van der Waals surface area contributed by atoms with Crippen molar-refractivity contribution >= 4 is 93.0 Å². The molecule has 0 N–H and O–H groups in total. The molecule has 13 rings (SSSR count). The smallest absolute Gasteiger partial charge is 0.220 e. The Kier molecular flexibility index (Phi) is 6.73. The fraction of sp³-hybridized carbons (Fsp3) is 0. The van der Waals surface area contributed by atoms with E-state index < -0.39 is 0 Å². The van der Waals surface area contributed by atoms with Gasteiger partial charge in [0, 0.05) is 61.2 Å². The molecule has 13 aromatic rings. The highest BCUT2D eigenvalue weighted by molar-refractivity contribution is 6.33. The Bertz CT molecular complexity index is 3980. The van der Waals surface area contributed by atoms with Crippen LogP contribution in [0.25, 0.3) is 126 Å². The fourth-order valence-corrected chi connectivity index (χ4v) is 10.1. The number of furan rings is 1. The minimum absolute atomic E-state index is 0.383. The van der Waals surface area contributed by atoms with Gasteiger partial charge >= 0.3 is 0 Å². The van der Waals surface area contributed by atoms with Gasteiger partial charge in [0.1, 0.15) is 17.2 Å². The van der Waals surface area contributed by atoms with Crippen LogP contribution in [0.1, 0.15) is 5.56 Å². The summed E-state index contributed by atoms with van der Waals surface area (Å²) in [4.78, 5) is 14.2. The Balaban J connectivity index is 1.31. The second kappa shape index (κ2) is 12.4. The molecule has 280 valence electrons. The van der Waals surface area contributed by atoms with Crippen molar-refractivity contribution in [3.8, 4) is 39.7 Å². The van der Waals surface area contributed by atoms with Crippen LogP contribution in [0.5, 0.6) is 0 Å². The average molecular weight is 777 g/mol. The van der Waals surface area contributed by atoms with Crippen molar-refractivity contribution in [2.75, 3.05) is 0 Å². The van der Waals surface area contributed by atoms with Crippen molar-refractivity contribution < 1.29 is 4.42 Å². The summed E-state index contributed by atoms with van der Waals surface area (Å²) >= 11 is 0. The number of para-hydroxylation sites is 2. The van der Waals surface area contributed by atoms with Gasteiger partial charge < -0.3 is 13.6 Å². The van der Waals surface area contributed by atoms with E-state index in [1.54, 1.807) is 12.4 Å². The summed E-state index contributed by atoms with van der Waals surface area (Å²) in [6.07, 6.45) is 3.49. The average Bonchev–Trinajstić information content (AvgIpc) is 3.99. The van der Waals surface area contributed by atoms with E-state index >= 15 is 0 Å². The van der Waals surface area contributed by atoms with Crippen LogP contribution >= 0.6 is 0 Å². The maximum absolute atomic E-state index is 11.7. The molecule has 0 bridgehead atoms. The third-order valence-corrected chi connectivity index (χ3v) is 12.4. The van der Waals surface area contributed by atoms with Crippen LogP contribution in [0.15, 0.2) is 175 Å². The summed E-state index contributed by atoms with van der Waals surface area (Å²) < 4.78 is 11.2. The third kappa shape index (κ3) is 4.33. The van der Waals surface area contributed by atoms with Gasteiger partial charge in [0.25, 0.3) is 0 Å². The van der Waals surface area contributed by atoms with Crippen molar-refractivity contribution in [1.82, 2.24) is 19.1 Å². The lowest BCUT2D eigenvalue weighted by molar-refractivity contribution is 0.673. The molecule has 4 aromatic heterocycles. The minimum atomic E-state index is 0.383. The molecule has 7 nitrogen and oxygen atoms in total. The first-order chi connectivity index (χ1) is 30.2. The van der Waals surface area contributed by atoms with E-state index in [0.29, 0.717) is 28.2 Å². The van der Waals surface area contributed by atoms with Gasteiger partial charge in [0.05, 0.1) is 62.0 Å². The Morgan fingerprint density at radius 3 is 1.69 bits per heavy atom. The summed E-state index contributed by atoms with van der Waals surface area (Å²) in [6.45, 7) is 9.14. The number of hydrogen-bond acceptors (Lipinski definition) is 4. The zero-order chi connectivity index (χ0) is 40.3. The Hall–Kier alpha value is -8.78. The predicted molar refractivity (Wildman–Crippen MR) is 246 cm³/mol. The van der Waals surface area contributed by atoms with Gasteiger partial charge in [0.15, 0.2) is 0 Å². The van der Waals surface area contributed by atoms with E-state index in [1.807, 2.05) is 72.8 Å². The zero-order valence-corrected chi connectivity index (χ0v) is 32.3. The van der Waals surface area contributed by atoms with Crippen LogP contribution in [0, 0.1) is 17.9 Å².